The quantitative estimate of drug-likeness (QED) is 0.113. The molecule has 0 rings (SSSR count). The molecule has 0 spiro atoms. The molecule has 0 amide bonds. The zero-order chi connectivity index (χ0) is 24.8. The summed E-state index contributed by atoms with van der Waals surface area (Å²) in [4.78, 5) is 12.0. The van der Waals surface area contributed by atoms with E-state index in [-0.39, 0.29) is 5.92 Å². The lowest BCUT2D eigenvalue weighted by Crippen LogP contribution is -2.56. The molecule has 5 nitrogen and oxygen atoms in total. The number of carbonyl (C=O) groups is 1. The summed E-state index contributed by atoms with van der Waals surface area (Å²) in [7, 11) is 3.51. The van der Waals surface area contributed by atoms with Gasteiger partial charge in [-0.2, -0.15) is 0 Å². The third-order valence-electron chi connectivity index (χ3n) is 6.08. The van der Waals surface area contributed by atoms with Crippen LogP contribution < -0.4 is 0 Å². The predicted octanol–water partition coefficient (Wildman–Crippen LogP) is 6.77. The van der Waals surface area contributed by atoms with Crippen LogP contribution in [0.2, 0.25) is 0 Å². The minimum atomic E-state index is -1.11. The van der Waals surface area contributed by atoms with Crippen LogP contribution in [0.15, 0.2) is 12.2 Å². The molecule has 2 unspecified atom stereocenters. The molecule has 0 saturated heterocycles. The summed E-state index contributed by atoms with van der Waals surface area (Å²) in [5.41, 5.74) is -1.11. The lowest BCUT2D eigenvalue weighted by molar-refractivity contribution is -0.183. The Morgan fingerprint density at radius 3 is 1.53 bits per heavy atom. The minimum absolute atomic E-state index is 0.0116. The second kappa shape index (κ2) is 21.9. The minimum Gasteiger partial charge on any atom is -0.481 e. The Hall–Kier alpha value is -0.910. The monoisotopic (exact) mass is 457 g/mol. The van der Waals surface area contributed by atoms with Crippen molar-refractivity contribution in [2.75, 3.05) is 14.1 Å². The normalized spacial score (nSPS) is 14.4. The van der Waals surface area contributed by atoms with Crippen LogP contribution in [0.4, 0.5) is 0 Å². The van der Waals surface area contributed by atoms with Crippen LogP contribution in [-0.2, 0) is 4.79 Å². The van der Waals surface area contributed by atoms with Gasteiger partial charge in [0, 0.05) is 6.42 Å². The summed E-state index contributed by atoms with van der Waals surface area (Å²) < 4.78 is 0. The Morgan fingerprint density at radius 2 is 1.22 bits per heavy atom. The third-order valence-corrected chi connectivity index (χ3v) is 6.08. The molecule has 0 aromatic rings. The lowest BCUT2D eigenvalue weighted by atomic mass is 9.93. The van der Waals surface area contributed by atoms with E-state index in [0.717, 1.165) is 25.7 Å². The molecule has 2 atom stereocenters. The van der Waals surface area contributed by atoms with Gasteiger partial charge in [-0.3, -0.25) is 9.69 Å². The molecule has 0 radical (unpaired) electrons. The summed E-state index contributed by atoms with van der Waals surface area (Å²) in [6.45, 7) is 7.63. The number of hydrogen-bond donors (Lipinski definition) is 3. The molecule has 5 heteroatoms. The van der Waals surface area contributed by atoms with Gasteiger partial charge in [0.2, 0.25) is 0 Å². The molecular formula is C27H55NO4. The van der Waals surface area contributed by atoms with Gasteiger partial charge in [-0.25, -0.2) is 0 Å². The second-order valence-corrected chi connectivity index (χ2v) is 9.59. The number of unbranched alkanes of at least 4 members (excludes halogenated alkanes) is 12. The Balaban J connectivity index is 0. The van der Waals surface area contributed by atoms with Gasteiger partial charge in [-0.05, 0) is 59.0 Å². The van der Waals surface area contributed by atoms with E-state index >= 15 is 0 Å². The Labute approximate surface area is 199 Å². The Morgan fingerprint density at radius 1 is 0.812 bits per heavy atom. The first kappa shape index (κ1) is 33.3. The van der Waals surface area contributed by atoms with Crippen LogP contribution in [0.3, 0.4) is 0 Å². The van der Waals surface area contributed by atoms with Gasteiger partial charge in [0.05, 0.1) is 6.10 Å². The van der Waals surface area contributed by atoms with Gasteiger partial charge in [0.1, 0.15) is 5.72 Å². The molecule has 192 valence electrons. The van der Waals surface area contributed by atoms with Crippen LogP contribution in [-0.4, -0.2) is 52.1 Å². The maximum absolute atomic E-state index is 10.3. The van der Waals surface area contributed by atoms with E-state index in [1.807, 2.05) is 13.8 Å². The molecule has 0 aliphatic heterocycles. The first-order chi connectivity index (χ1) is 15.1. The van der Waals surface area contributed by atoms with E-state index in [0.29, 0.717) is 6.42 Å². The number of allylic oxidation sites excluding steroid dienone is 2. The fourth-order valence-corrected chi connectivity index (χ4v) is 3.90. The molecule has 0 bridgehead atoms. The predicted molar refractivity (Wildman–Crippen MR) is 137 cm³/mol. The highest BCUT2D eigenvalue weighted by Crippen LogP contribution is 2.23. The topological polar surface area (TPSA) is 81.0 Å². The third kappa shape index (κ3) is 18.6. The SMILES string of the molecule is CC(C)C(O)(C(C)O)N(C)C.CCCCCCCCCCC=CCCCCCCC(=O)O. The molecule has 0 aliphatic carbocycles. The maximum atomic E-state index is 10.3. The van der Waals surface area contributed by atoms with Crippen molar-refractivity contribution in [2.24, 2.45) is 5.92 Å². The van der Waals surface area contributed by atoms with Crippen LogP contribution in [0.25, 0.3) is 0 Å². The van der Waals surface area contributed by atoms with Crippen molar-refractivity contribution in [1.82, 2.24) is 4.90 Å². The molecule has 32 heavy (non-hydrogen) atoms. The largest absolute Gasteiger partial charge is 0.481 e. The summed E-state index contributed by atoms with van der Waals surface area (Å²) in [5, 5.41) is 27.8. The van der Waals surface area contributed by atoms with Crippen LogP contribution in [0.1, 0.15) is 124 Å². The van der Waals surface area contributed by atoms with Gasteiger partial charge in [0.25, 0.3) is 0 Å². The summed E-state index contributed by atoms with van der Waals surface area (Å²) in [6, 6.07) is 0. The van der Waals surface area contributed by atoms with E-state index in [2.05, 4.69) is 19.1 Å². The zero-order valence-electron chi connectivity index (χ0n) is 22.1. The molecular weight excluding hydrogens is 402 g/mol. The number of likely N-dealkylation sites (N-methyl/N-ethyl adjacent to an activating group) is 1. The molecule has 0 aliphatic rings. The van der Waals surface area contributed by atoms with E-state index in [9.17, 15) is 15.0 Å². The number of carboxylic acid groups (broad SMARTS) is 1. The number of aliphatic carboxylic acids is 1. The van der Waals surface area contributed by atoms with E-state index < -0.39 is 17.8 Å². The fourth-order valence-electron chi connectivity index (χ4n) is 3.90. The average Bonchev–Trinajstić information content (AvgIpc) is 2.72. The van der Waals surface area contributed by atoms with Crippen LogP contribution >= 0.6 is 0 Å². The molecule has 0 fully saturated rings. The number of hydrogen-bond acceptors (Lipinski definition) is 4. The van der Waals surface area contributed by atoms with Gasteiger partial charge < -0.3 is 15.3 Å². The Kier molecular flexibility index (Phi) is 22.8. The smallest absolute Gasteiger partial charge is 0.303 e. The highest BCUT2D eigenvalue weighted by molar-refractivity contribution is 5.66. The van der Waals surface area contributed by atoms with Crippen molar-refractivity contribution in [2.45, 2.75) is 136 Å². The number of aliphatic hydroxyl groups is 2. The lowest BCUT2D eigenvalue weighted by Gasteiger charge is -2.40. The van der Waals surface area contributed by atoms with Gasteiger partial charge in [-0.15, -0.1) is 0 Å². The van der Waals surface area contributed by atoms with Gasteiger partial charge in [0.15, 0.2) is 0 Å². The first-order valence-electron chi connectivity index (χ1n) is 13.0. The van der Waals surface area contributed by atoms with Crippen molar-refractivity contribution in [3.63, 3.8) is 0 Å². The van der Waals surface area contributed by atoms with E-state index in [1.54, 1.807) is 25.9 Å². The summed E-state index contributed by atoms with van der Waals surface area (Å²) >= 11 is 0. The standard InChI is InChI=1S/C19H36O2.C8H19NO2/c1-2-3-4-5-6-7-8-9-10-11-12-13-14-15-16-17-18-19(20)21;1-6(2)8(11,7(3)10)9(4)5/h11-12H,2-10,13-18H2,1H3,(H,20,21);6-7,10-11H,1-5H3. The maximum Gasteiger partial charge on any atom is 0.303 e. The van der Waals surface area contributed by atoms with Gasteiger partial charge in [-0.1, -0.05) is 90.7 Å². The van der Waals surface area contributed by atoms with Crippen molar-refractivity contribution in [3.05, 3.63) is 12.2 Å². The van der Waals surface area contributed by atoms with Crippen molar-refractivity contribution < 1.29 is 20.1 Å². The number of rotatable bonds is 19. The van der Waals surface area contributed by atoms with E-state index in [1.165, 1.54) is 64.2 Å². The van der Waals surface area contributed by atoms with Crippen LogP contribution in [0, 0.1) is 5.92 Å². The van der Waals surface area contributed by atoms with Crippen molar-refractivity contribution >= 4 is 5.97 Å². The van der Waals surface area contributed by atoms with Crippen molar-refractivity contribution in [1.29, 1.82) is 0 Å². The van der Waals surface area contributed by atoms with E-state index in [4.69, 9.17) is 5.11 Å². The fraction of sp³-hybridized carbons (Fsp3) is 0.889. The molecule has 3 N–H and O–H groups in total. The summed E-state index contributed by atoms with van der Waals surface area (Å²) in [6.07, 6.45) is 22.0. The molecule has 0 heterocycles. The highest BCUT2D eigenvalue weighted by Gasteiger charge is 2.38. The van der Waals surface area contributed by atoms with Gasteiger partial charge >= 0.3 is 5.97 Å². The van der Waals surface area contributed by atoms with Crippen molar-refractivity contribution in [3.8, 4) is 0 Å². The number of nitrogens with zero attached hydrogens (tertiary/aromatic N) is 1. The molecule has 0 aromatic carbocycles. The first-order valence-corrected chi connectivity index (χ1v) is 13.0. The zero-order valence-corrected chi connectivity index (χ0v) is 22.1. The number of aliphatic hydroxyl groups excluding tert-OH is 1. The Bertz CT molecular complexity index is 425. The average molecular weight is 458 g/mol. The second-order valence-electron chi connectivity index (χ2n) is 9.59. The molecule has 0 aromatic heterocycles. The summed E-state index contributed by atoms with van der Waals surface area (Å²) in [5.74, 6) is -0.655. The number of carboxylic acids is 1. The van der Waals surface area contributed by atoms with Crippen LogP contribution in [0.5, 0.6) is 0 Å². The molecule has 0 saturated carbocycles. The highest BCUT2D eigenvalue weighted by atomic mass is 16.4.